The normalized spacial score (nSPS) is 12.6. The maximum atomic E-state index is 12.5. The summed E-state index contributed by atoms with van der Waals surface area (Å²) in [6, 6.07) is -0.558. The van der Waals surface area contributed by atoms with Crippen LogP contribution in [0.25, 0.3) is 0 Å². The van der Waals surface area contributed by atoms with Crippen LogP contribution in [0.5, 0.6) is 0 Å². The summed E-state index contributed by atoms with van der Waals surface area (Å²) in [6.07, 6.45) is 61.9. The first-order valence-electron chi connectivity index (χ1n) is 28.4. The van der Waals surface area contributed by atoms with E-state index in [0.29, 0.717) is 25.9 Å². The Balaban J connectivity index is 3.46. The minimum absolute atomic E-state index is 0.0207. The molecule has 0 aliphatic carbocycles. The molecule has 0 heterocycles. The fourth-order valence-electron chi connectivity index (χ4n) is 8.93. The third-order valence-corrected chi connectivity index (χ3v) is 13.3. The molecule has 374 valence electrons. The van der Waals surface area contributed by atoms with Crippen molar-refractivity contribution >= 4 is 11.9 Å². The fraction of sp³-hybridized carbons (Fsp3) is 0.930. The molecule has 2 atom stereocenters. The first-order valence-corrected chi connectivity index (χ1v) is 28.4. The molecule has 6 heteroatoms. The van der Waals surface area contributed by atoms with Gasteiger partial charge in [0.1, 0.15) is 0 Å². The van der Waals surface area contributed by atoms with Gasteiger partial charge in [-0.1, -0.05) is 264 Å². The van der Waals surface area contributed by atoms with Crippen LogP contribution in [0.3, 0.4) is 0 Å². The molecule has 2 unspecified atom stereocenters. The quantitative estimate of drug-likeness (QED) is 0.0321. The van der Waals surface area contributed by atoms with Crippen molar-refractivity contribution in [3.8, 4) is 0 Å². The van der Waals surface area contributed by atoms with Crippen LogP contribution in [0.15, 0.2) is 12.2 Å². The van der Waals surface area contributed by atoms with Crippen molar-refractivity contribution in [2.75, 3.05) is 13.2 Å². The monoisotopic (exact) mass is 890 g/mol. The molecule has 0 saturated heterocycles. The first kappa shape index (κ1) is 61.6. The van der Waals surface area contributed by atoms with Gasteiger partial charge in [0.15, 0.2) is 0 Å². The number of ether oxygens (including phenoxy) is 1. The zero-order valence-electron chi connectivity index (χ0n) is 42.6. The summed E-state index contributed by atoms with van der Waals surface area (Å²) in [5, 5.41) is 23.3. The van der Waals surface area contributed by atoms with E-state index in [1.54, 1.807) is 0 Å². The number of hydrogen-bond acceptors (Lipinski definition) is 5. The van der Waals surface area contributed by atoms with Crippen molar-refractivity contribution in [2.24, 2.45) is 0 Å². The molecule has 1 amide bonds. The summed E-state index contributed by atoms with van der Waals surface area (Å²) in [5.74, 6) is -0.0758. The molecule has 0 aliphatic rings. The largest absolute Gasteiger partial charge is 0.466 e. The number of aliphatic hydroxyl groups excluding tert-OH is 2. The molecule has 0 bridgehead atoms. The average molecular weight is 891 g/mol. The maximum absolute atomic E-state index is 12.5. The summed E-state index contributed by atoms with van der Waals surface area (Å²) >= 11 is 0. The molecule has 0 saturated carbocycles. The van der Waals surface area contributed by atoms with E-state index in [-0.39, 0.29) is 18.5 Å². The van der Waals surface area contributed by atoms with E-state index in [0.717, 1.165) is 57.8 Å². The summed E-state index contributed by atoms with van der Waals surface area (Å²) in [5.41, 5.74) is 0. The molecular formula is C57H111NO5. The lowest BCUT2D eigenvalue weighted by Crippen LogP contribution is -2.45. The number of unbranched alkanes of at least 4 members (excludes halogenated alkanes) is 40. The van der Waals surface area contributed by atoms with E-state index < -0.39 is 12.1 Å². The number of amides is 1. The average Bonchev–Trinajstić information content (AvgIpc) is 3.28. The van der Waals surface area contributed by atoms with E-state index in [4.69, 9.17) is 4.74 Å². The molecule has 63 heavy (non-hydrogen) atoms. The molecule has 6 nitrogen and oxygen atoms in total. The summed E-state index contributed by atoms with van der Waals surface area (Å²) < 4.78 is 5.47. The van der Waals surface area contributed by atoms with Crippen LogP contribution in [-0.4, -0.2) is 47.4 Å². The summed E-state index contributed by atoms with van der Waals surface area (Å²) in [4.78, 5) is 24.6. The molecule has 0 aliphatic heterocycles. The standard InChI is InChI=1S/C57H111NO5/c1-3-5-7-9-11-13-15-17-19-21-23-25-27-29-33-37-41-45-49-55(60)54(53-59)58-56(61)50-46-42-38-34-31-32-36-40-44-48-52-63-57(62)51-47-43-39-35-30-28-26-24-22-20-18-16-14-12-10-8-6-4-2/h20,22,54-55,59-60H,3-19,21,23-53H2,1-2H3,(H,58,61)/b22-20-. The Hall–Kier alpha value is -1.40. The van der Waals surface area contributed by atoms with E-state index >= 15 is 0 Å². The van der Waals surface area contributed by atoms with Crippen LogP contribution in [0.1, 0.15) is 316 Å². The highest BCUT2D eigenvalue weighted by Crippen LogP contribution is 2.17. The molecular weight excluding hydrogens is 779 g/mol. The number of rotatable bonds is 53. The minimum Gasteiger partial charge on any atom is -0.466 e. The van der Waals surface area contributed by atoms with Crippen LogP contribution in [-0.2, 0) is 14.3 Å². The Morgan fingerprint density at radius 2 is 0.746 bits per heavy atom. The minimum atomic E-state index is -0.679. The van der Waals surface area contributed by atoms with Gasteiger partial charge in [0.25, 0.3) is 0 Å². The fourth-order valence-corrected chi connectivity index (χ4v) is 8.93. The van der Waals surface area contributed by atoms with Gasteiger partial charge in [-0.15, -0.1) is 0 Å². The summed E-state index contributed by atoms with van der Waals surface area (Å²) in [6.45, 7) is 4.92. The molecule has 0 fully saturated rings. The molecule has 0 aromatic heterocycles. The van der Waals surface area contributed by atoms with Crippen LogP contribution < -0.4 is 5.32 Å². The lowest BCUT2D eigenvalue weighted by Gasteiger charge is -2.22. The predicted molar refractivity (Wildman–Crippen MR) is 273 cm³/mol. The second kappa shape index (κ2) is 53.2. The van der Waals surface area contributed by atoms with Gasteiger partial charge < -0.3 is 20.3 Å². The van der Waals surface area contributed by atoms with Crippen LogP contribution >= 0.6 is 0 Å². The Morgan fingerprint density at radius 3 is 1.13 bits per heavy atom. The van der Waals surface area contributed by atoms with Gasteiger partial charge in [-0.3, -0.25) is 9.59 Å². The Kier molecular flexibility index (Phi) is 52.0. The Labute approximate surface area is 393 Å². The number of carbonyl (C=O) groups is 2. The van der Waals surface area contributed by atoms with Gasteiger partial charge >= 0.3 is 5.97 Å². The smallest absolute Gasteiger partial charge is 0.305 e. The van der Waals surface area contributed by atoms with Crippen molar-refractivity contribution in [1.29, 1.82) is 0 Å². The topological polar surface area (TPSA) is 95.9 Å². The highest BCUT2D eigenvalue weighted by Gasteiger charge is 2.20. The predicted octanol–water partition coefficient (Wildman–Crippen LogP) is 17.3. The molecule has 0 rings (SSSR count). The van der Waals surface area contributed by atoms with Crippen LogP contribution in [0, 0.1) is 0 Å². The van der Waals surface area contributed by atoms with E-state index in [2.05, 4.69) is 31.3 Å². The van der Waals surface area contributed by atoms with Crippen molar-refractivity contribution in [2.45, 2.75) is 328 Å². The summed E-state index contributed by atoms with van der Waals surface area (Å²) in [7, 11) is 0. The second-order valence-electron chi connectivity index (χ2n) is 19.6. The maximum Gasteiger partial charge on any atom is 0.305 e. The second-order valence-corrected chi connectivity index (χ2v) is 19.6. The van der Waals surface area contributed by atoms with Crippen molar-refractivity contribution in [3.63, 3.8) is 0 Å². The molecule has 0 aromatic rings. The van der Waals surface area contributed by atoms with Gasteiger partial charge in [-0.05, 0) is 51.4 Å². The van der Waals surface area contributed by atoms with Gasteiger partial charge in [-0.25, -0.2) is 0 Å². The molecule has 0 spiro atoms. The first-order chi connectivity index (χ1) is 31.0. The van der Waals surface area contributed by atoms with Gasteiger partial charge in [0.2, 0.25) is 5.91 Å². The zero-order valence-corrected chi connectivity index (χ0v) is 42.6. The number of hydrogen-bond donors (Lipinski definition) is 3. The lowest BCUT2D eigenvalue weighted by atomic mass is 10.0. The molecule has 3 N–H and O–H groups in total. The van der Waals surface area contributed by atoms with Gasteiger partial charge in [0.05, 0.1) is 25.4 Å². The number of nitrogens with one attached hydrogen (secondary N) is 1. The highest BCUT2D eigenvalue weighted by molar-refractivity contribution is 5.76. The van der Waals surface area contributed by atoms with E-state index in [1.807, 2.05) is 0 Å². The SMILES string of the molecule is CCCCCCCCC/C=C\CCCCCCCCCC(=O)OCCCCCCCCCCCCC(=O)NC(CO)C(O)CCCCCCCCCCCCCCCCCCCC. The Morgan fingerprint density at radius 1 is 0.429 bits per heavy atom. The third-order valence-electron chi connectivity index (χ3n) is 13.3. The molecule has 0 radical (unpaired) electrons. The number of allylic oxidation sites excluding steroid dienone is 2. The number of aliphatic hydroxyl groups is 2. The third kappa shape index (κ3) is 49.9. The molecule has 0 aromatic carbocycles. The van der Waals surface area contributed by atoms with Gasteiger partial charge in [0, 0.05) is 12.8 Å². The van der Waals surface area contributed by atoms with Gasteiger partial charge in [-0.2, -0.15) is 0 Å². The van der Waals surface area contributed by atoms with Crippen LogP contribution in [0.4, 0.5) is 0 Å². The van der Waals surface area contributed by atoms with Crippen molar-refractivity contribution in [1.82, 2.24) is 5.32 Å². The zero-order chi connectivity index (χ0) is 45.8. The number of carbonyl (C=O) groups excluding carboxylic acids is 2. The van der Waals surface area contributed by atoms with Crippen LogP contribution in [0.2, 0.25) is 0 Å². The lowest BCUT2D eigenvalue weighted by molar-refractivity contribution is -0.143. The highest BCUT2D eigenvalue weighted by atomic mass is 16.5. The van der Waals surface area contributed by atoms with Crippen molar-refractivity contribution < 1.29 is 24.5 Å². The number of esters is 1. The Bertz CT molecular complexity index is 939. The van der Waals surface area contributed by atoms with E-state index in [1.165, 1.54) is 225 Å². The van der Waals surface area contributed by atoms with Crippen molar-refractivity contribution in [3.05, 3.63) is 12.2 Å². The van der Waals surface area contributed by atoms with E-state index in [9.17, 15) is 19.8 Å².